The molecule has 0 amide bonds. The number of alkyl halides is 3. The fraction of sp³-hybridized carbons (Fsp3) is 0.136. The first-order chi connectivity index (χ1) is 14.7. The van der Waals surface area contributed by atoms with Crippen molar-refractivity contribution in [2.24, 2.45) is 0 Å². The predicted molar refractivity (Wildman–Crippen MR) is 101 cm³/mol. The van der Waals surface area contributed by atoms with Crippen molar-refractivity contribution in [1.82, 2.24) is 0 Å². The first-order valence-electron chi connectivity index (χ1n) is 9.10. The van der Waals surface area contributed by atoms with Crippen LogP contribution in [0.2, 0.25) is 0 Å². The Hall–Kier alpha value is -3.38. The molecule has 0 aliphatic heterocycles. The lowest BCUT2D eigenvalue weighted by Gasteiger charge is -2.43. The molecule has 2 bridgehead atoms. The molecule has 0 aromatic heterocycles. The maximum absolute atomic E-state index is 14.9. The zero-order valence-electron chi connectivity index (χ0n) is 15.4. The molecule has 31 heavy (non-hydrogen) atoms. The van der Waals surface area contributed by atoms with Crippen LogP contribution in [0.3, 0.4) is 0 Å². The van der Waals surface area contributed by atoms with Crippen LogP contribution in [-0.4, -0.2) is 13.9 Å². The van der Waals surface area contributed by atoms with Gasteiger partial charge >= 0.3 is 15.6 Å². The highest BCUT2D eigenvalue weighted by molar-refractivity contribution is 7.88. The predicted octanol–water partition coefficient (Wildman–Crippen LogP) is 4.91. The Kier molecular flexibility index (Phi) is 3.98. The van der Waals surface area contributed by atoms with Crippen molar-refractivity contribution < 1.29 is 30.2 Å². The smallest absolute Gasteiger partial charge is 0.373 e. The van der Waals surface area contributed by atoms with Crippen LogP contribution in [0.1, 0.15) is 50.8 Å². The molecule has 9 heteroatoms. The van der Waals surface area contributed by atoms with Gasteiger partial charge < -0.3 is 4.18 Å². The molecule has 3 aromatic rings. The molecule has 0 unspecified atom stereocenters. The lowest BCUT2D eigenvalue weighted by atomic mass is 9.60. The van der Waals surface area contributed by atoms with Crippen molar-refractivity contribution in [3.05, 3.63) is 99.4 Å². The Morgan fingerprint density at radius 1 is 0.871 bits per heavy atom. The number of hydrogen-bond donors (Lipinski definition) is 0. The average molecular weight is 445 g/mol. The summed E-state index contributed by atoms with van der Waals surface area (Å²) in [5.41, 5.74) is -2.57. The Balaban J connectivity index is 1.87. The summed E-state index contributed by atoms with van der Waals surface area (Å²) >= 11 is 0. The molecule has 0 atom stereocenters. The van der Waals surface area contributed by atoms with E-state index in [9.17, 15) is 31.2 Å². The van der Waals surface area contributed by atoms with Crippen molar-refractivity contribution in [2.45, 2.75) is 17.3 Å². The number of hydrogen-bond acceptors (Lipinski definition) is 4. The van der Waals surface area contributed by atoms with Crippen LogP contribution in [0.15, 0.2) is 54.6 Å². The molecule has 0 saturated carbocycles. The molecule has 6 rings (SSSR count). The summed E-state index contributed by atoms with van der Waals surface area (Å²) in [4.78, 5) is 0. The van der Waals surface area contributed by atoms with E-state index in [0.29, 0.717) is 11.1 Å². The molecule has 3 aliphatic carbocycles. The summed E-state index contributed by atoms with van der Waals surface area (Å²) < 4.78 is 81.7. The second kappa shape index (κ2) is 6.31. The Morgan fingerprint density at radius 2 is 1.32 bits per heavy atom. The van der Waals surface area contributed by atoms with Gasteiger partial charge in [0.25, 0.3) is 0 Å². The lowest BCUT2D eigenvalue weighted by Crippen LogP contribution is -2.32. The van der Waals surface area contributed by atoms with Crippen LogP contribution in [0.5, 0.6) is 5.75 Å². The summed E-state index contributed by atoms with van der Waals surface area (Å²) in [6.45, 7) is 0. The second-order valence-corrected chi connectivity index (χ2v) is 8.82. The van der Waals surface area contributed by atoms with E-state index in [0.717, 1.165) is 17.2 Å². The first-order valence-corrected chi connectivity index (χ1v) is 10.5. The molecule has 0 saturated heterocycles. The van der Waals surface area contributed by atoms with E-state index in [1.54, 1.807) is 36.4 Å². The second-order valence-electron chi connectivity index (χ2n) is 7.28. The molecule has 3 aliphatic rings. The van der Waals surface area contributed by atoms with Gasteiger partial charge in [0, 0.05) is 17.4 Å². The van der Waals surface area contributed by atoms with Crippen LogP contribution in [0.25, 0.3) is 0 Å². The van der Waals surface area contributed by atoms with Crippen LogP contribution in [0, 0.1) is 17.1 Å². The number of halogens is 4. The third kappa shape index (κ3) is 2.61. The van der Waals surface area contributed by atoms with E-state index in [4.69, 9.17) is 0 Å². The van der Waals surface area contributed by atoms with Crippen LogP contribution >= 0.6 is 0 Å². The highest BCUT2D eigenvalue weighted by Gasteiger charge is 2.51. The van der Waals surface area contributed by atoms with Gasteiger partial charge in [-0.15, -0.1) is 0 Å². The van der Waals surface area contributed by atoms with Gasteiger partial charge in [0.15, 0.2) is 11.6 Å². The normalized spacial score (nSPS) is 18.5. The van der Waals surface area contributed by atoms with E-state index in [2.05, 4.69) is 4.18 Å². The number of nitrogens with zero attached hydrogens (tertiary/aromatic N) is 1. The number of rotatable bonds is 2. The largest absolute Gasteiger partial charge is 0.534 e. The van der Waals surface area contributed by atoms with Crippen LogP contribution in [-0.2, 0) is 10.1 Å². The SMILES string of the molecule is N#Cc1cc(F)c(OS(=O)(=O)C(F)(F)F)c2c1C1c3ccccc3C2c2ccccc21. The van der Waals surface area contributed by atoms with Gasteiger partial charge in [0.05, 0.1) is 11.6 Å². The molecule has 0 N–H and O–H groups in total. The summed E-state index contributed by atoms with van der Waals surface area (Å²) in [5, 5.41) is 9.64. The minimum atomic E-state index is -6.12. The third-order valence-electron chi connectivity index (χ3n) is 5.72. The Labute approximate surface area is 174 Å². The van der Waals surface area contributed by atoms with Gasteiger partial charge in [0.1, 0.15) is 0 Å². The molecule has 156 valence electrons. The number of benzene rings is 3. The average Bonchev–Trinajstić information content (AvgIpc) is 2.74. The third-order valence-corrected chi connectivity index (χ3v) is 6.68. The van der Waals surface area contributed by atoms with Gasteiger partial charge in [0.2, 0.25) is 0 Å². The highest BCUT2D eigenvalue weighted by Crippen LogP contribution is 2.59. The van der Waals surface area contributed by atoms with Crippen molar-refractivity contribution >= 4 is 10.1 Å². The fourth-order valence-corrected chi connectivity index (χ4v) is 5.11. The quantitative estimate of drug-likeness (QED) is 0.220. The van der Waals surface area contributed by atoms with Crippen molar-refractivity contribution in [3.63, 3.8) is 0 Å². The summed E-state index contributed by atoms with van der Waals surface area (Å²) in [7, 11) is -6.12. The minimum Gasteiger partial charge on any atom is -0.373 e. The zero-order valence-corrected chi connectivity index (χ0v) is 16.3. The van der Waals surface area contributed by atoms with E-state index in [1.165, 1.54) is 0 Å². The van der Waals surface area contributed by atoms with Crippen LogP contribution in [0.4, 0.5) is 17.6 Å². The molecular weight excluding hydrogens is 434 g/mol. The van der Waals surface area contributed by atoms with E-state index in [-0.39, 0.29) is 16.7 Å². The minimum absolute atomic E-state index is 0.0632. The van der Waals surface area contributed by atoms with Crippen molar-refractivity contribution in [3.8, 4) is 11.8 Å². The van der Waals surface area contributed by atoms with E-state index in [1.807, 2.05) is 18.2 Å². The molecule has 0 heterocycles. The van der Waals surface area contributed by atoms with Gasteiger partial charge in [-0.3, -0.25) is 0 Å². The maximum atomic E-state index is 14.9. The lowest BCUT2D eigenvalue weighted by molar-refractivity contribution is -0.0501. The summed E-state index contributed by atoms with van der Waals surface area (Å²) in [6.07, 6.45) is 0. The van der Waals surface area contributed by atoms with E-state index < -0.39 is 39.0 Å². The first kappa shape index (κ1) is 19.6. The zero-order chi connectivity index (χ0) is 22.1. The molecular formula is C22H11F4NO3S. The van der Waals surface area contributed by atoms with Crippen molar-refractivity contribution in [1.29, 1.82) is 5.26 Å². The molecule has 4 nitrogen and oxygen atoms in total. The Bertz CT molecular complexity index is 1360. The summed E-state index contributed by atoms with van der Waals surface area (Å²) in [5.74, 6) is -3.72. The molecule has 0 radical (unpaired) electrons. The number of nitriles is 1. The molecule has 0 fully saturated rings. The van der Waals surface area contributed by atoms with Crippen molar-refractivity contribution in [2.75, 3.05) is 0 Å². The highest BCUT2D eigenvalue weighted by atomic mass is 32.2. The van der Waals surface area contributed by atoms with Gasteiger partial charge in [-0.2, -0.15) is 26.9 Å². The molecule has 3 aromatic carbocycles. The monoisotopic (exact) mass is 445 g/mol. The summed E-state index contributed by atoms with van der Waals surface area (Å²) in [6, 6.07) is 16.9. The van der Waals surface area contributed by atoms with Gasteiger partial charge in [-0.1, -0.05) is 48.5 Å². The maximum Gasteiger partial charge on any atom is 0.534 e. The molecule has 0 spiro atoms. The van der Waals surface area contributed by atoms with Gasteiger partial charge in [-0.25, -0.2) is 4.39 Å². The standard InChI is InChI=1S/C22H11F4NO3S/c23-16-9-11(10-27)17-18-12-5-1-3-7-14(12)19(15-8-4-2-6-13(15)18)20(17)21(16)30-31(28,29)22(24,25)26/h1-9,18-19H. The van der Waals surface area contributed by atoms with E-state index >= 15 is 0 Å². The Morgan fingerprint density at radius 3 is 1.74 bits per heavy atom. The van der Waals surface area contributed by atoms with Crippen LogP contribution < -0.4 is 4.18 Å². The topological polar surface area (TPSA) is 67.2 Å². The fourth-order valence-electron chi connectivity index (χ4n) is 4.63. The van der Waals surface area contributed by atoms with Gasteiger partial charge in [-0.05, 0) is 33.9 Å².